The Morgan fingerprint density at radius 2 is 1.89 bits per heavy atom. The maximum atomic E-state index is 3.72. The van der Waals surface area contributed by atoms with Crippen molar-refractivity contribution in [2.75, 3.05) is 13.1 Å². The summed E-state index contributed by atoms with van der Waals surface area (Å²) in [5.74, 6) is 0.729. The van der Waals surface area contributed by atoms with Crippen molar-refractivity contribution in [3.8, 4) is 0 Å². The number of nitrogens with zero attached hydrogens (tertiary/aromatic N) is 1. The van der Waals surface area contributed by atoms with E-state index in [1.807, 2.05) is 0 Å². The molecule has 2 heteroatoms. The molecular formula is C17H36N2. The van der Waals surface area contributed by atoms with Crippen LogP contribution in [0.25, 0.3) is 0 Å². The Kier molecular flexibility index (Phi) is 6.82. The van der Waals surface area contributed by atoms with Gasteiger partial charge >= 0.3 is 0 Å². The second-order valence-corrected chi connectivity index (χ2v) is 7.62. The quantitative estimate of drug-likeness (QED) is 0.781. The fourth-order valence-corrected chi connectivity index (χ4v) is 3.25. The number of hydrogen-bond acceptors (Lipinski definition) is 2. The molecule has 1 fully saturated rings. The highest BCUT2D eigenvalue weighted by Gasteiger charge is 2.30. The van der Waals surface area contributed by atoms with E-state index in [-0.39, 0.29) is 5.54 Å². The van der Waals surface area contributed by atoms with Crippen LogP contribution < -0.4 is 5.32 Å². The van der Waals surface area contributed by atoms with Gasteiger partial charge in [-0.05, 0) is 52.5 Å². The minimum atomic E-state index is 0.225. The minimum absolute atomic E-state index is 0.225. The Morgan fingerprint density at radius 1 is 1.21 bits per heavy atom. The van der Waals surface area contributed by atoms with E-state index < -0.39 is 0 Å². The maximum absolute atomic E-state index is 3.72. The number of hydrogen-bond donors (Lipinski definition) is 1. The number of nitrogens with one attached hydrogen (secondary N) is 1. The first-order chi connectivity index (χ1) is 8.85. The highest BCUT2D eigenvalue weighted by molar-refractivity contribution is 4.87. The van der Waals surface area contributed by atoms with Crippen LogP contribution in [0.2, 0.25) is 0 Å². The highest BCUT2D eigenvalue weighted by Crippen LogP contribution is 2.26. The standard InChI is InChI=1S/C17H36N2/c1-7-10-15-11-8-9-12-19(15)16(14(2)3)13-18-17(4,5)6/h14-16,18H,7-13H2,1-6H3. The fourth-order valence-electron chi connectivity index (χ4n) is 3.25. The van der Waals surface area contributed by atoms with Crippen LogP contribution in [-0.4, -0.2) is 35.6 Å². The molecule has 2 nitrogen and oxygen atoms in total. The summed E-state index contributed by atoms with van der Waals surface area (Å²) < 4.78 is 0. The van der Waals surface area contributed by atoms with Crippen LogP contribution in [0.3, 0.4) is 0 Å². The maximum Gasteiger partial charge on any atom is 0.0246 e. The molecule has 0 aliphatic carbocycles. The topological polar surface area (TPSA) is 15.3 Å². The second-order valence-electron chi connectivity index (χ2n) is 7.62. The summed E-state index contributed by atoms with van der Waals surface area (Å²) in [7, 11) is 0. The van der Waals surface area contributed by atoms with Gasteiger partial charge in [-0.1, -0.05) is 33.6 Å². The van der Waals surface area contributed by atoms with Crippen LogP contribution in [0.5, 0.6) is 0 Å². The zero-order chi connectivity index (χ0) is 14.5. The van der Waals surface area contributed by atoms with Crippen molar-refractivity contribution < 1.29 is 0 Å². The zero-order valence-electron chi connectivity index (χ0n) is 14.1. The van der Waals surface area contributed by atoms with Gasteiger partial charge < -0.3 is 5.32 Å². The molecule has 2 atom stereocenters. The molecule has 0 spiro atoms. The van der Waals surface area contributed by atoms with Crippen LogP contribution in [0.15, 0.2) is 0 Å². The van der Waals surface area contributed by atoms with Gasteiger partial charge in [0, 0.05) is 24.2 Å². The lowest BCUT2D eigenvalue weighted by Crippen LogP contribution is -2.54. The third-order valence-electron chi connectivity index (χ3n) is 4.33. The van der Waals surface area contributed by atoms with E-state index in [1.54, 1.807) is 0 Å². The van der Waals surface area contributed by atoms with Crippen molar-refractivity contribution in [3.05, 3.63) is 0 Å². The third kappa shape index (κ3) is 5.83. The molecule has 1 N–H and O–H groups in total. The van der Waals surface area contributed by atoms with Crippen molar-refractivity contribution in [3.63, 3.8) is 0 Å². The van der Waals surface area contributed by atoms with E-state index in [2.05, 4.69) is 51.8 Å². The molecule has 0 aromatic heterocycles. The van der Waals surface area contributed by atoms with Gasteiger partial charge in [-0.15, -0.1) is 0 Å². The molecule has 1 aliphatic heterocycles. The Balaban J connectivity index is 2.66. The Labute approximate surface area is 121 Å². The molecule has 2 unspecified atom stereocenters. The summed E-state index contributed by atoms with van der Waals surface area (Å²) >= 11 is 0. The molecule has 1 rings (SSSR count). The van der Waals surface area contributed by atoms with Crippen LogP contribution >= 0.6 is 0 Å². The predicted molar refractivity (Wildman–Crippen MR) is 85.6 cm³/mol. The third-order valence-corrected chi connectivity index (χ3v) is 4.33. The second kappa shape index (κ2) is 7.64. The van der Waals surface area contributed by atoms with Gasteiger partial charge in [-0.25, -0.2) is 0 Å². The molecular weight excluding hydrogens is 232 g/mol. The highest BCUT2D eigenvalue weighted by atomic mass is 15.2. The molecule has 0 aromatic carbocycles. The normalized spacial score (nSPS) is 23.8. The van der Waals surface area contributed by atoms with E-state index in [4.69, 9.17) is 0 Å². The van der Waals surface area contributed by atoms with Gasteiger partial charge in [0.15, 0.2) is 0 Å². The summed E-state index contributed by atoms with van der Waals surface area (Å²) in [5, 5.41) is 3.72. The van der Waals surface area contributed by atoms with Gasteiger partial charge in [-0.2, -0.15) is 0 Å². The number of piperidine rings is 1. The Morgan fingerprint density at radius 3 is 2.42 bits per heavy atom. The molecule has 1 heterocycles. The molecule has 0 amide bonds. The number of rotatable bonds is 6. The first kappa shape index (κ1) is 17.0. The zero-order valence-corrected chi connectivity index (χ0v) is 14.1. The van der Waals surface area contributed by atoms with Crippen LogP contribution in [0.1, 0.15) is 73.6 Å². The molecule has 1 aliphatic rings. The SMILES string of the molecule is CCCC1CCCCN1C(CNC(C)(C)C)C(C)C. The van der Waals surface area contributed by atoms with Crippen molar-refractivity contribution in [1.82, 2.24) is 10.2 Å². The average Bonchev–Trinajstić information content (AvgIpc) is 2.30. The predicted octanol–water partition coefficient (Wildman–Crippen LogP) is 4.05. The van der Waals surface area contributed by atoms with E-state index in [0.717, 1.165) is 18.5 Å². The van der Waals surface area contributed by atoms with E-state index in [0.29, 0.717) is 6.04 Å². The van der Waals surface area contributed by atoms with E-state index in [9.17, 15) is 0 Å². The molecule has 19 heavy (non-hydrogen) atoms. The Bertz CT molecular complexity index is 240. The summed E-state index contributed by atoms with van der Waals surface area (Å²) in [6.07, 6.45) is 6.92. The molecule has 0 bridgehead atoms. The monoisotopic (exact) mass is 268 g/mol. The first-order valence-corrected chi connectivity index (χ1v) is 8.36. The summed E-state index contributed by atoms with van der Waals surface area (Å²) in [4.78, 5) is 2.82. The van der Waals surface area contributed by atoms with Gasteiger partial charge in [0.05, 0.1) is 0 Å². The molecule has 0 saturated carbocycles. The molecule has 114 valence electrons. The largest absolute Gasteiger partial charge is 0.311 e. The summed E-state index contributed by atoms with van der Waals surface area (Å²) in [5.41, 5.74) is 0.225. The van der Waals surface area contributed by atoms with E-state index in [1.165, 1.54) is 38.6 Å². The average molecular weight is 268 g/mol. The lowest BCUT2D eigenvalue weighted by Gasteiger charge is -2.44. The lowest BCUT2D eigenvalue weighted by atomic mass is 9.92. The number of likely N-dealkylation sites (tertiary alicyclic amines) is 1. The summed E-state index contributed by atoms with van der Waals surface area (Å²) in [6, 6.07) is 1.52. The summed E-state index contributed by atoms with van der Waals surface area (Å²) in [6.45, 7) is 16.3. The van der Waals surface area contributed by atoms with Crippen molar-refractivity contribution in [1.29, 1.82) is 0 Å². The van der Waals surface area contributed by atoms with Gasteiger partial charge in [-0.3, -0.25) is 4.90 Å². The van der Waals surface area contributed by atoms with Crippen molar-refractivity contribution >= 4 is 0 Å². The van der Waals surface area contributed by atoms with Crippen molar-refractivity contribution in [2.45, 2.75) is 91.3 Å². The minimum Gasteiger partial charge on any atom is -0.311 e. The van der Waals surface area contributed by atoms with E-state index >= 15 is 0 Å². The molecule has 0 aromatic rings. The van der Waals surface area contributed by atoms with Crippen LogP contribution in [0, 0.1) is 5.92 Å². The van der Waals surface area contributed by atoms with Crippen LogP contribution in [-0.2, 0) is 0 Å². The smallest absolute Gasteiger partial charge is 0.0246 e. The van der Waals surface area contributed by atoms with Crippen molar-refractivity contribution in [2.24, 2.45) is 5.92 Å². The lowest BCUT2D eigenvalue weighted by molar-refractivity contribution is 0.0600. The molecule has 0 radical (unpaired) electrons. The van der Waals surface area contributed by atoms with Gasteiger partial charge in [0.1, 0.15) is 0 Å². The Hall–Kier alpha value is -0.0800. The van der Waals surface area contributed by atoms with Gasteiger partial charge in [0.2, 0.25) is 0 Å². The van der Waals surface area contributed by atoms with Gasteiger partial charge in [0.25, 0.3) is 0 Å². The van der Waals surface area contributed by atoms with Crippen LogP contribution in [0.4, 0.5) is 0 Å². The molecule has 1 saturated heterocycles. The first-order valence-electron chi connectivity index (χ1n) is 8.36. The fraction of sp³-hybridized carbons (Fsp3) is 1.00.